The summed E-state index contributed by atoms with van der Waals surface area (Å²) in [6.45, 7) is 1.39. The molecular weight excluding hydrogens is 368 g/mol. The topological polar surface area (TPSA) is 102 Å². The van der Waals surface area contributed by atoms with Crippen LogP contribution >= 0.6 is 11.6 Å². The van der Waals surface area contributed by atoms with E-state index < -0.39 is 27.8 Å². The molecule has 0 aliphatic carbocycles. The zero-order valence-electron chi connectivity index (χ0n) is 13.4. The van der Waals surface area contributed by atoms with Crippen molar-refractivity contribution in [1.29, 1.82) is 0 Å². The largest absolute Gasteiger partial charge is 0.449 e. The van der Waals surface area contributed by atoms with Crippen LogP contribution in [0.2, 0.25) is 5.02 Å². The highest BCUT2D eigenvalue weighted by atomic mass is 35.5. The first-order valence-corrected chi connectivity index (χ1v) is 9.37. The van der Waals surface area contributed by atoms with Gasteiger partial charge in [-0.15, -0.1) is 0 Å². The molecule has 1 aromatic heterocycles. The summed E-state index contributed by atoms with van der Waals surface area (Å²) in [6.07, 6.45) is 1.30. The number of amides is 1. The third kappa shape index (κ3) is 5.27. The Balaban J connectivity index is 2.04. The van der Waals surface area contributed by atoms with Gasteiger partial charge in [0.25, 0.3) is 5.91 Å². The van der Waals surface area contributed by atoms with Crippen molar-refractivity contribution in [3.63, 3.8) is 0 Å². The Morgan fingerprint density at radius 3 is 2.56 bits per heavy atom. The van der Waals surface area contributed by atoms with E-state index in [1.54, 1.807) is 6.07 Å². The van der Waals surface area contributed by atoms with Gasteiger partial charge < -0.3 is 10.1 Å². The van der Waals surface area contributed by atoms with Gasteiger partial charge in [-0.1, -0.05) is 17.7 Å². The van der Waals surface area contributed by atoms with Crippen LogP contribution in [-0.2, 0) is 19.4 Å². The van der Waals surface area contributed by atoms with Crippen LogP contribution in [-0.4, -0.2) is 37.6 Å². The highest BCUT2D eigenvalue weighted by Crippen LogP contribution is 2.14. The smallest absolute Gasteiger partial charge is 0.338 e. The lowest BCUT2D eigenvalue weighted by atomic mass is 10.2. The molecule has 1 aromatic carbocycles. The highest BCUT2D eigenvalue weighted by molar-refractivity contribution is 7.90. The predicted molar refractivity (Wildman–Crippen MR) is 92.3 cm³/mol. The van der Waals surface area contributed by atoms with Gasteiger partial charge in [0.15, 0.2) is 15.9 Å². The minimum Gasteiger partial charge on any atom is -0.449 e. The number of aromatic nitrogens is 1. The van der Waals surface area contributed by atoms with Gasteiger partial charge in [-0.05, 0) is 37.3 Å². The Bertz CT molecular complexity index is 897. The predicted octanol–water partition coefficient (Wildman–Crippen LogP) is 2.32. The maximum Gasteiger partial charge on any atom is 0.338 e. The second-order valence-corrected chi connectivity index (χ2v) is 7.65. The summed E-state index contributed by atoms with van der Waals surface area (Å²) in [6, 6.07) is 8.46. The lowest BCUT2D eigenvalue weighted by Crippen LogP contribution is -2.30. The number of nitrogens with zero attached hydrogens (tertiary/aromatic N) is 1. The molecule has 25 heavy (non-hydrogen) atoms. The van der Waals surface area contributed by atoms with Gasteiger partial charge >= 0.3 is 5.97 Å². The van der Waals surface area contributed by atoms with Crippen LogP contribution in [0.5, 0.6) is 0 Å². The molecule has 0 bridgehead atoms. The molecule has 0 radical (unpaired) electrons. The number of carbonyl (C=O) groups is 2. The third-order valence-electron chi connectivity index (χ3n) is 3.13. The van der Waals surface area contributed by atoms with Crippen molar-refractivity contribution in [3.8, 4) is 0 Å². The summed E-state index contributed by atoms with van der Waals surface area (Å²) in [4.78, 5) is 28.0. The van der Waals surface area contributed by atoms with Crippen molar-refractivity contribution in [2.45, 2.75) is 17.9 Å². The summed E-state index contributed by atoms with van der Waals surface area (Å²) < 4.78 is 28.1. The second kappa shape index (κ2) is 7.62. The molecule has 2 rings (SSSR count). The van der Waals surface area contributed by atoms with E-state index in [-0.39, 0.29) is 16.3 Å². The van der Waals surface area contributed by atoms with Gasteiger partial charge in [0.2, 0.25) is 0 Å². The standard InChI is InChI=1S/C16H15ClN2O5S/c1-10(15(20)19-14-7-6-12(17)9-18-14)24-16(21)11-4-3-5-13(8-11)25(2,22)23/h3-10H,1-2H3,(H,18,19,20)/t10-/m1/s1. The Morgan fingerprint density at radius 1 is 1.24 bits per heavy atom. The minimum absolute atomic E-state index is 0.00980. The van der Waals surface area contributed by atoms with Crippen molar-refractivity contribution in [2.75, 3.05) is 11.6 Å². The van der Waals surface area contributed by atoms with Crippen LogP contribution in [0.25, 0.3) is 0 Å². The fourth-order valence-corrected chi connectivity index (χ4v) is 2.59. The molecule has 0 aliphatic rings. The van der Waals surface area contributed by atoms with Gasteiger partial charge in [0.1, 0.15) is 5.82 Å². The van der Waals surface area contributed by atoms with Gasteiger partial charge in [-0.3, -0.25) is 4.79 Å². The molecule has 0 aliphatic heterocycles. The normalized spacial score (nSPS) is 12.3. The van der Waals surface area contributed by atoms with Crippen LogP contribution in [0.1, 0.15) is 17.3 Å². The first kappa shape index (κ1) is 18.9. The Morgan fingerprint density at radius 2 is 1.96 bits per heavy atom. The Labute approximate surface area is 149 Å². The number of carbonyl (C=O) groups excluding carboxylic acids is 2. The first-order valence-electron chi connectivity index (χ1n) is 7.10. The Hall–Kier alpha value is -2.45. The van der Waals surface area contributed by atoms with Crippen LogP contribution in [0, 0.1) is 0 Å². The molecule has 1 N–H and O–H groups in total. The number of rotatable bonds is 5. The number of halogens is 1. The molecule has 1 amide bonds. The maximum atomic E-state index is 12.1. The van der Waals surface area contributed by atoms with E-state index >= 15 is 0 Å². The lowest BCUT2D eigenvalue weighted by molar-refractivity contribution is -0.123. The molecule has 0 fully saturated rings. The molecule has 9 heteroatoms. The van der Waals surface area contributed by atoms with E-state index in [0.717, 1.165) is 6.26 Å². The van der Waals surface area contributed by atoms with E-state index in [1.165, 1.54) is 43.5 Å². The zero-order chi connectivity index (χ0) is 18.6. The number of benzene rings is 1. The van der Waals surface area contributed by atoms with Gasteiger partial charge in [0.05, 0.1) is 15.5 Å². The van der Waals surface area contributed by atoms with Crippen molar-refractivity contribution in [2.24, 2.45) is 0 Å². The quantitative estimate of drug-likeness (QED) is 0.796. The molecule has 1 heterocycles. The van der Waals surface area contributed by atoms with E-state index in [1.807, 2.05) is 0 Å². The van der Waals surface area contributed by atoms with Gasteiger partial charge in [-0.25, -0.2) is 18.2 Å². The maximum absolute atomic E-state index is 12.1. The summed E-state index contributed by atoms with van der Waals surface area (Å²) in [7, 11) is -3.45. The molecule has 7 nitrogen and oxygen atoms in total. The summed E-state index contributed by atoms with van der Waals surface area (Å²) >= 11 is 5.70. The van der Waals surface area contributed by atoms with Crippen LogP contribution in [0.15, 0.2) is 47.5 Å². The number of sulfone groups is 1. The number of anilines is 1. The first-order chi connectivity index (χ1) is 11.7. The molecule has 0 unspecified atom stereocenters. The average molecular weight is 383 g/mol. The summed E-state index contributed by atoms with van der Waals surface area (Å²) in [5.41, 5.74) is 0.0344. The van der Waals surface area contributed by atoms with E-state index in [9.17, 15) is 18.0 Å². The van der Waals surface area contributed by atoms with E-state index in [2.05, 4.69) is 10.3 Å². The van der Waals surface area contributed by atoms with E-state index in [4.69, 9.17) is 16.3 Å². The van der Waals surface area contributed by atoms with Gasteiger partial charge in [-0.2, -0.15) is 0 Å². The summed E-state index contributed by atoms with van der Waals surface area (Å²) in [5.74, 6) is -1.13. The highest BCUT2D eigenvalue weighted by Gasteiger charge is 2.20. The summed E-state index contributed by atoms with van der Waals surface area (Å²) in [5, 5.41) is 2.90. The monoisotopic (exact) mass is 382 g/mol. The fraction of sp³-hybridized carbons (Fsp3) is 0.188. The van der Waals surface area contributed by atoms with Crippen molar-refractivity contribution >= 4 is 39.1 Å². The minimum atomic E-state index is -3.45. The molecule has 0 spiro atoms. The zero-order valence-corrected chi connectivity index (χ0v) is 15.0. The molecule has 1 atom stereocenters. The number of hydrogen-bond donors (Lipinski definition) is 1. The number of pyridine rings is 1. The van der Waals surface area contributed by atoms with Crippen LogP contribution < -0.4 is 5.32 Å². The second-order valence-electron chi connectivity index (χ2n) is 5.20. The van der Waals surface area contributed by atoms with E-state index in [0.29, 0.717) is 5.02 Å². The van der Waals surface area contributed by atoms with Gasteiger partial charge in [0, 0.05) is 12.5 Å². The molecule has 2 aromatic rings. The van der Waals surface area contributed by atoms with Crippen LogP contribution in [0.3, 0.4) is 0 Å². The molecule has 0 saturated carbocycles. The third-order valence-corrected chi connectivity index (χ3v) is 4.46. The van der Waals surface area contributed by atoms with Crippen molar-refractivity contribution < 1.29 is 22.7 Å². The Kier molecular flexibility index (Phi) is 5.76. The lowest BCUT2D eigenvalue weighted by Gasteiger charge is -2.13. The molecule has 0 saturated heterocycles. The average Bonchev–Trinajstić information content (AvgIpc) is 2.56. The number of nitrogens with one attached hydrogen (secondary N) is 1. The molecular formula is C16H15ClN2O5S. The SMILES string of the molecule is C[C@@H](OC(=O)c1cccc(S(C)(=O)=O)c1)C(=O)Nc1ccc(Cl)cn1. The van der Waals surface area contributed by atoms with Crippen LogP contribution in [0.4, 0.5) is 5.82 Å². The number of ether oxygens (including phenoxy) is 1. The number of hydrogen-bond acceptors (Lipinski definition) is 6. The fourth-order valence-electron chi connectivity index (χ4n) is 1.81. The van der Waals surface area contributed by atoms with Crippen molar-refractivity contribution in [3.05, 3.63) is 53.2 Å². The number of esters is 1. The molecule has 132 valence electrons. The van der Waals surface area contributed by atoms with Crippen molar-refractivity contribution in [1.82, 2.24) is 4.98 Å².